The fourth-order valence-corrected chi connectivity index (χ4v) is 1.06. The largest absolute Gasteiger partial charge is 0.108 e. The van der Waals surface area contributed by atoms with Gasteiger partial charge in [0, 0.05) is 0 Å². The Morgan fingerprint density at radius 3 is 1.00 bits per heavy atom. The lowest BCUT2D eigenvalue weighted by atomic mass is 10.0. The molecule has 0 heterocycles. The Morgan fingerprint density at radius 2 is 0.900 bits per heavy atom. The van der Waals surface area contributed by atoms with Crippen LogP contribution in [-0.4, -0.2) is 0 Å². The van der Waals surface area contributed by atoms with E-state index in [4.69, 9.17) is 22.5 Å². The van der Waals surface area contributed by atoms with Crippen LogP contribution in [0.1, 0.15) is 38.5 Å². The lowest BCUT2D eigenvalue weighted by Crippen LogP contribution is -1.85. The summed E-state index contributed by atoms with van der Waals surface area (Å²) < 4.78 is 0. The highest BCUT2D eigenvalue weighted by atomic mass is 35.9. The Morgan fingerprint density at radius 1 is 0.800 bits per heavy atom. The average Bonchev–Trinajstić information content (AvgIpc) is 1.90. The third-order valence-corrected chi connectivity index (χ3v) is 1.50. The van der Waals surface area contributed by atoms with Gasteiger partial charge in [-0.05, 0) is 0 Å². The van der Waals surface area contributed by atoms with Crippen LogP contribution in [0.4, 0.5) is 0 Å². The fraction of sp³-hybridized carbons (Fsp3) is 1.00. The van der Waals surface area contributed by atoms with Gasteiger partial charge in [-0.25, -0.2) is 0 Å². The molecule has 1 fully saturated rings. The van der Waals surface area contributed by atoms with Crippen molar-refractivity contribution >= 4 is 39.7 Å². The van der Waals surface area contributed by atoms with Gasteiger partial charge in [-0.15, -0.1) is 0 Å². The summed E-state index contributed by atoms with van der Waals surface area (Å²) in [5.74, 6) is 0. The van der Waals surface area contributed by atoms with Gasteiger partial charge in [-0.2, -0.15) is 0 Å². The molecule has 1 rings (SSSR count). The van der Waals surface area contributed by atoms with Crippen molar-refractivity contribution in [1.29, 1.82) is 0 Å². The molecule has 62 valence electrons. The summed E-state index contributed by atoms with van der Waals surface area (Å²) in [6.07, 6.45) is 9.00. The van der Waals surface area contributed by atoms with Gasteiger partial charge in [-0.3, -0.25) is 0 Å². The molecule has 0 aromatic rings. The Balaban J connectivity index is 0.000000180. The summed E-state index contributed by atoms with van der Waals surface area (Å²) in [5.41, 5.74) is 0. The van der Waals surface area contributed by atoms with Gasteiger partial charge in [-0.1, -0.05) is 72.8 Å². The van der Waals surface area contributed by atoms with Crippen LogP contribution in [0.25, 0.3) is 0 Å². The van der Waals surface area contributed by atoms with E-state index in [2.05, 4.69) is 11.8 Å². The van der Waals surface area contributed by atoms with Gasteiger partial charge in [0.05, 0.1) is 0 Å². The second-order valence-corrected chi connectivity index (χ2v) is 8.22. The van der Waals surface area contributed by atoms with Crippen molar-refractivity contribution in [3.05, 3.63) is 0 Å². The van der Waals surface area contributed by atoms with Gasteiger partial charge in [0.1, 0.15) is 5.40 Å². The maximum Gasteiger partial charge on any atom is 0.108 e. The first-order chi connectivity index (χ1) is 4.73. The van der Waals surface area contributed by atoms with Gasteiger partial charge >= 0.3 is 0 Å². The predicted molar refractivity (Wildman–Crippen MR) is 55.1 cm³/mol. The van der Waals surface area contributed by atoms with Crippen LogP contribution in [-0.2, 0) is 11.8 Å². The molecule has 10 heavy (non-hydrogen) atoms. The van der Waals surface area contributed by atoms with E-state index in [1.54, 1.807) is 0 Å². The van der Waals surface area contributed by atoms with Crippen LogP contribution >= 0.6 is 27.9 Å². The molecule has 0 atom stereocenters. The third-order valence-electron chi connectivity index (χ3n) is 1.50. The molecular formula is C6H13Cl2PS. The van der Waals surface area contributed by atoms with Gasteiger partial charge in [0.2, 0.25) is 0 Å². The van der Waals surface area contributed by atoms with Crippen molar-refractivity contribution in [2.75, 3.05) is 0 Å². The second-order valence-electron chi connectivity index (χ2n) is 2.35. The lowest BCUT2D eigenvalue weighted by molar-refractivity contribution is 0.504. The number of rotatable bonds is 0. The van der Waals surface area contributed by atoms with E-state index in [0.717, 1.165) is 0 Å². The van der Waals surface area contributed by atoms with Crippen LogP contribution in [0.15, 0.2) is 0 Å². The van der Waals surface area contributed by atoms with E-state index in [1.165, 1.54) is 38.5 Å². The van der Waals surface area contributed by atoms with Gasteiger partial charge < -0.3 is 0 Å². The molecule has 0 spiro atoms. The zero-order chi connectivity index (χ0) is 7.82. The van der Waals surface area contributed by atoms with Gasteiger partial charge in [0.15, 0.2) is 0 Å². The summed E-state index contributed by atoms with van der Waals surface area (Å²) >= 11 is 14.2. The topological polar surface area (TPSA) is 0 Å². The molecule has 0 saturated heterocycles. The highest BCUT2D eigenvalue weighted by molar-refractivity contribution is 8.29. The van der Waals surface area contributed by atoms with E-state index in [-0.39, 0.29) is 0 Å². The first kappa shape index (κ1) is 11.2. The summed E-state index contributed by atoms with van der Waals surface area (Å²) in [5, 5.41) is -1.35. The Bertz CT molecular complexity index is 78.2. The smallest absolute Gasteiger partial charge is 0.0717 e. The van der Waals surface area contributed by atoms with E-state index in [9.17, 15) is 0 Å². The van der Waals surface area contributed by atoms with E-state index < -0.39 is 5.40 Å². The minimum Gasteiger partial charge on any atom is -0.0717 e. The average molecular weight is 219 g/mol. The molecule has 0 unspecified atom stereocenters. The maximum absolute atomic E-state index is 4.96. The third kappa shape index (κ3) is 12.0. The first-order valence-corrected chi connectivity index (χ1v) is 8.24. The second kappa shape index (κ2) is 8.33. The molecule has 0 nitrogen and oxygen atoms in total. The Labute approximate surface area is 78.3 Å². The molecule has 0 N–H and O–H groups in total. The monoisotopic (exact) mass is 218 g/mol. The van der Waals surface area contributed by atoms with Crippen molar-refractivity contribution in [2.24, 2.45) is 0 Å². The van der Waals surface area contributed by atoms with Crippen molar-refractivity contribution in [3.8, 4) is 0 Å². The number of hydrogen-bond acceptors (Lipinski definition) is 1. The van der Waals surface area contributed by atoms with Crippen molar-refractivity contribution < 1.29 is 0 Å². The molecule has 4 heteroatoms. The van der Waals surface area contributed by atoms with E-state index in [1.807, 2.05) is 0 Å². The highest BCUT2D eigenvalue weighted by Crippen LogP contribution is 2.31. The SMILES string of the molecule is C1CCCCC1.S=[PH](Cl)Cl. The minimum atomic E-state index is -1.35. The molecule has 0 aromatic heterocycles. The summed E-state index contributed by atoms with van der Waals surface area (Å²) in [4.78, 5) is 0. The minimum absolute atomic E-state index is 1.35. The van der Waals surface area contributed by atoms with E-state index in [0.29, 0.717) is 0 Å². The molecular weight excluding hydrogens is 206 g/mol. The molecule has 1 aliphatic carbocycles. The van der Waals surface area contributed by atoms with Crippen LogP contribution in [0.2, 0.25) is 0 Å². The first-order valence-electron chi connectivity index (χ1n) is 3.58. The Hall–Kier alpha value is 1.23. The lowest BCUT2D eigenvalue weighted by Gasteiger charge is -2.05. The van der Waals surface area contributed by atoms with Crippen molar-refractivity contribution in [2.45, 2.75) is 38.5 Å². The van der Waals surface area contributed by atoms with Crippen molar-refractivity contribution in [3.63, 3.8) is 0 Å². The zero-order valence-corrected chi connectivity index (χ0v) is 9.24. The zero-order valence-electron chi connectivity index (χ0n) is 5.91. The highest BCUT2D eigenvalue weighted by Gasteiger charge is 1.95. The van der Waals surface area contributed by atoms with Crippen LogP contribution in [0, 0.1) is 0 Å². The summed E-state index contributed by atoms with van der Waals surface area (Å²) in [6, 6.07) is 0. The predicted octanol–water partition coefficient (Wildman–Crippen LogP) is 4.31. The number of halogens is 2. The summed E-state index contributed by atoms with van der Waals surface area (Å²) in [6.45, 7) is 0. The molecule has 0 radical (unpaired) electrons. The quantitative estimate of drug-likeness (QED) is 0.547. The maximum atomic E-state index is 4.96. The van der Waals surface area contributed by atoms with Crippen LogP contribution in [0.5, 0.6) is 0 Å². The molecule has 0 bridgehead atoms. The molecule has 1 saturated carbocycles. The van der Waals surface area contributed by atoms with E-state index >= 15 is 0 Å². The Kier molecular flexibility index (Phi) is 9.35. The summed E-state index contributed by atoms with van der Waals surface area (Å²) in [7, 11) is 0. The molecule has 0 aromatic carbocycles. The van der Waals surface area contributed by atoms with Crippen molar-refractivity contribution in [1.82, 2.24) is 0 Å². The van der Waals surface area contributed by atoms with Crippen LogP contribution in [0.3, 0.4) is 0 Å². The van der Waals surface area contributed by atoms with Crippen LogP contribution < -0.4 is 0 Å². The standard InChI is InChI=1S/C6H12.Cl2HPS/c1-2-4-6-5-3-1;1-3(2)4/h1-6H2;3H. The van der Waals surface area contributed by atoms with Gasteiger partial charge in [0.25, 0.3) is 0 Å². The number of hydrogen-bond donors (Lipinski definition) is 0. The normalized spacial score (nSPS) is 17.9. The molecule has 0 aliphatic heterocycles. The molecule has 1 aliphatic rings. The molecule has 0 amide bonds. The fourth-order valence-electron chi connectivity index (χ4n) is 1.06.